The SMILES string of the molecule is c1ccc(-c2ccc(-c3cc(-c4cccc(-c5ccccc5)c4)cc(-n4c5ccccc5c5cc(-c6ccccc6-c6cccc(N(c7ccc8c(c7)C(c7ccccc7)(c7ccccc7)c7ccccc7-8)c7cccc8ccccc78)c6)ccc54)c3)cc2)cc1. The van der Waals surface area contributed by atoms with Gasteiger partial charge in [0, 0.05) is 33.2 Å². The van der Waals surface area contributed by atoms with Crippen LogP contribution in [0.15, 0.2) is 364 Å². The summed E-state index contributed by atoms with van der Waals surface area (Å²) in [6, 6.07) is 134. The number of para-hydroxylation sites is 1. The van der Waals surface area contributed by atoms with E-state index < -0.39 is 5.41 Å². The number of aromatic nitrogens is 1. The maximum Gasteiger partial charge on any atom is 0.0714 e. The Hall–Kier alpha value is -11.8. The minimum absolute atomic E-state index is 0.554. The summed E-state index contributed by atoms with van der Waals surface area (Å²) in [6.07, 6.45) is 0. The molecule has 1 heterocycles. The number of hydrogen-bond acceptors (Lipinski definition) is 1. The molecule has 2 heteroatoms. The summed E-state index contributed by atoms with van der Waals surface area (Å²) in [5, 5.41) is 4.78. The van der Waals surface area contributed by atoms with Crippen molar-refractivity contribution in [2.45, 2.75) is 5.41 Å². The number of nitrogens with zero attached hydrogens (tertiary/aromatic N) is 2. The third-order valence-corrected chi connectivity index (χ3v) is 18.8. The van der Waals surface area contributed by atoms with Crippen molar-refractivity contribution < 1.29 is 0 Å². The van der Waals surface area contributed by atoms with E-state index in [1.807, 2.05) is 0 Å². The number of benzene rings is 15. The van der Waals surface area contributed by atoms with Crippen LogP contribution >= 0.6 is 0 Å². The molecule has 0 N–H and O–H groups in total. The van der Waals surface area contributed by atoms with Gasteiger partial charge in [-0.3, -0.25) is 0 Å². The van der Waals surface area contributed by atoms with Crippen molar-refractivity contribution in [1.29, 1.82) is 0 Å². The number of fused-ring (bicyclic) bond motifs is 7. The van der Waals surface area contributed by atoms with Gasteiger partial charge in [-0.2, -0.15) is 0 Å². The Bertz CT molecular complexity index is 5350. The Morgan fingerprint density at radius 1 is 0.231 bits per heavy atom. The highest BCUT2D eigenvalue weighted by molar-refractivity contribution is 6.11. The van der Waals surface area contributed by atoms with Gasteiger partial charge < -0.3 is 9.47 Å². The van der Waals surface area contributed by atoms with Gasteiger partial charge in [0.25, 0.3) is 0 Å². The van der Waals surface area contributed by atoms with Crippen molar-refractivity contribution in [3.8, 4) is 83.6 Å². The second-order valence-corrected chi connectivity index (χ2v) is 23.9. The van der Waals surface area contributed by atoms with Crippen LogP contribution in [0.4, 0.5) is 17.1 Å². The number of hydrogen-bond donors (Lipinski definition) is 0. The van der Waals surface area contributed by atoms with E-state index in [0.29, 0.717) is 0 Å². The fourth-order valence-electron chi connectivity index (χ4n) is 14.7. The van der Waals surface area contributed by atoms with Gasteiger partial charge >= 0.3 is 0 Å². The van der Waals surface area contributed by atoms with E-state index >= 15 is 0 Å². The van der Waals surface area contributed by atoms with Crippen molar-refractivity contribution in [3.63, 3.8) is 0 Å². The van der Waals surface area contributed by atoms with Crippen molar-refractivity contribution in [1.82, 2.24) is 4.57 Å². The monoisotopic (exact) mass is 1160 g/mol. The van der Waals surface area contributed by atoms with Gasteiger partial charge in [-0.05, 0) is 178 Å². The fraction of sp³-hybridized carbons (Fsp3) is 0.0112. The molecule has 0 saturated carbocycles. The maximum absolute atomic E-state index is 2.49. The Balaban J connectivity index is 0.804. The molecule has 15 aromatic carbocycles. The Kier molecular flexibility index (Phi) is 13.1. The Morgan fingerprint density at radius 3 is 1.40 bits per heavy atom. The molecule has 0 fully saturated rings. The zero-order valence-corrected chi connectivity index (χ0v) is 50.0. The van der Waals surface area contributed by atoms with Crippen LogP contribution in [0.25, 0.3) is 116 Å². The molecule has 426 valence electrons. The first-order valence-electron chi connectivity index (χ1n) is 31.5. The summed E-state index contributed by atoms with van der Waals surface area (Å²) >= 11 is 0. The first-order valence-corrected chi connectivity index (χ1v) is 31.5. The van der Waals surface area contributed by atoms with Crippen LogP contribution in [0.2, 0.25) is 0 Å². The Labute approximate surface area is 531 Å². The van der Waals surface area contributed by atoms with Crippen LogP contribution in [0.3, 0.4) is 0 Å². The number of rotatable bonds is 12. The van der Waals surface area contributed by atoms with E-state index in [0.717, 1.165) is 67.2 Å². The van der Waals surface area contributed by atoms with Crippen LogP contribution in [-0.2, 0) is 5.41 Å². The third-order valence-electron chi connectivity index (χ3n) is 18.8. The molecule has 1 aliphatic carbocycles. The average Bonchev–Trinajstić information content (AvgIpc) is 1.57. The van der Waals surface area contributed by atoms with E-state index in [9.17, 15) is 0 Å². The molecule has 0 aliphatic heterocycles. The lowest BCUT2D eigenvalue weighted by atomic mass is 9.67. The second kappa shape index (κ2) is 22.4. The maximum atomic E-state index is 2.49. The lowest BCUT2D eigenvalue weighted by Gasteiger charge is -2.35. The van der Waals surface area contributed by atoms with E-state index in [1.165, 1.54) is 88.3 Å². The molecule has 0 saturated heterocycles. The molecule has 1 aromatic heterocycles. The highest BCUT2D eigenvalue weighted by atomic mass is 15.1. The summed E-state index contributed by atoms with van der Waals surface area (Å²) in [4.78, 5) is 2.49. The number of anilines is 3. The summed E-state index contributed by atoms with van der Waals surface area (Å²) in [6.45, 7) is 0. The quantitative estimate of drug-likeness (QED) is 0.118. The largest absolute Gasteiger partial charge is 0.310 e. The van der Waals surface area contributed by atoms with Gasteiger partial charge in [0.2, 0.25) is 0 Å². The topological polar surface area (TPSA) is 8.17 Å². The van der Waals surface area contributed by atoms with Crippen LogP contribution in [0.1, 0.15) is 22.3 Å². The molecule has 16 aromatic rings. The van der Waals surface area contributed by atoms with Crippen LogP contribution < -0.4 is 4.90 Å². The van der Waals surface area contributed by atoms with Crippen LogP contribution in [0.5, 0.6) is 0 Å². The normalized spacial score (nSPS) is 12.3. The van der Waals surface area contributed by atoms with Crippen LogP contribution in [0, 0.1) is 0 Å². The van der Waals surface area contributed by atoms with Gasteiger partial charge in [0.05, 0.1) is 22.1 Å². The molecule has 2 nitrogen and oxygen atoms in total. The highest BCUT2D eigenvalue weighted by Crippen LogP contribution is 2.58. The standard InChI is InChI=1S/C89H60N2/c1-5-24-61(25-6-1)63-46-48-64(49-47-63)70-55-71(67-31-21-30-66(54-67)62-26-7-2-8-27-62)58-76(57-70)91-87-44-20-18-42-82(87)83-59-69(50-53-88(83)91)78-39-16-15-38-77(78)68-32-22-37-74(56-68)90(86-45-23-29-65-28-13-14-40-79(65)86)75-51-52-81-80-41-17-19-43-84(80)89(85(81)60-75,72-33-9-3-10-34-72)73-35-11-4-12-36-73/h1-60H. The zero-order valence-electron chi connectivity index (χ0n) is 50.0. The molecular formula is C89H60N2. The summed E-state index contributed by atoms with van der Waals surface area (Å²) in [5.41, 5.74) is 27.8. The van der Waals surface area contributed by atoms with E-state index in [1.54, 1.807) is 0 Å². The molecule has 0 radical (unpaired) electrons. The first kappa shape index (κ1) is 53.4. The summed E-state index contributed by atoms with van der Waals surface area (Å²) in [7, 11) is 0. The van der Waals surface area contributed by atoms with Crippen LogP contribution in [-0.4, -0.2) is 4.57 Å². The molecule has 0 spiro atoms. The van der Waals surface area contributed by atoms with E-state index in [4.69, 9.17) is 0 Å². The minimum atomic E-state index is -0.554. The molecule has 0 atom stereocenters. The highest BCUT2D eigenvalue weighted by Gasteiger charge is 2.46. The first-order chi connectivity index (χ1) is 45.1. The van der Waals surface area contributed by atoms with Gasteiger partial charge in [-0.25, -0.2) is 0 Å². The molecule has 0 unspecified atom stereocenters. The van der Waals surface area contributed by atoms with Gasteiger partial charge in [0.15, 0.2) is 0 Å². The zero-order chi connectivity index (χ0) is 60.2. The summed E-state index contributed by atoms with van der Waals surface area (Å²) in [5.74, 6) is 0. The predicted octanol–water partition coefficient (Wildman–Crippen LogP) is 23.8. The summed E-state index contributed by atoms with van der Waals surface area (Å²) < 4.78 is 2.47. The minimum Gasteiger partial charge on any atom is -0.310 e. The van der Waals surface area contributed by atoms with Crippen molar-refractivity contribution in [3.05, 3.63) is 386 Å². The van der Waals surface area contributed by atoms with E-state index in [2.05, 4.69) is 373 Å². The molecule has 0 amide bonds. The van der Waals surface area contributed by atoms with E-state index in [-0.39, 0.29) is 0 Å². The van der Waals surface area contributed by atoms with Crippen molar-refractivity contribution in [2.75, 3.05) is 4.90 Å². The van der Waals surface area contributed by atoms with Gasteiger partial charge in [-0.1, -0.05) is 291 Å². The molecular weight excluding hydrogens is 1100 g/mol. The average molecular weight is 1160 g/mol. The third kappa shape index (κ3) is 9.19. The fourth-order valence-corrected chi connectivity index (χ4v) is 14.7. The molecule has 0 bridgehead atoms. The van der Waals surface area contributed by atoms with Gasteiger partial charge in [0.1, 0.15) is 0 Å². The van der Waals surface area contributed by atoms with Crippen molar-refractivity contribution in [2.24, 2.45) is 0 Å². The lowest BCUT2D eigenvalue weighted by molar-refractivity contribution is 0.768. The lowest BCUT2D eigenvalue weighted by Crippen LogP contribution is -2.28. The second-order valence-electron chi connectivity index (χ2n) is 23.9. The molecule has 91 heavy (non-hydrogen) atoms. The Morgan fingerprint density at radius 2 is 0.681 bits per heavy atom. The van der Waals surface area contributed by atoms with Crippen molar-refractivity contribution >= 4 is 49.6 Å². The van der Waals surface area contributed by atoms with Gasteiger partial charge in [-0.15, -0.1) is 0 Å². The molecule has 17 rings (SSSR count). The molecule has 1 aliphatic rings. The predicted molar refractivity (Wildman–Crippen MR) is 383 cm³/mol. The smallest absolute Gasteiger partial charge is 0.0714 e.